The number of piperazine rings is 1. The first-order valence-corrected chi connectivity index (χ1v) is 9.27. The van der Waals surface area contributed by atoms with Gasteiger partial charge in [0.1, 0.15) is 5.69 Å². The van der Waals surface area contributed by atoms with E-state index in [0.29, 0.717) is 56.7 Å². The molecule has 0 atom stereocenters. The second-order valence-electron chi connectivity index (χ2n) is 6.37. The molecule has 1 saturated heterocycles. The average molecular weight is 384 g/mol. The molecule has 28 heavy (non-hydrogen) atoms. The summed E-state index contributed by atoms with van der Waals surface area (Å²) in [5.41, 5.74) is 1.80. The molecule has 0 aromatic carbocycles. The molecular formula is C19H24N6O3. The minimum absolute atomic E-state index is 0.275. The summed E-state index contributed by atoms with van der Waals surface area (Å²) in [6.45, 7) is 6.52. The lowest BCUT2D eigenvalue weighted by molar-refractivity contribution is 0.0945. The number of anilines is 1. The van der Waals surface area contributed by atoms with E-state index in [1.807, 2.05) is 30.0 Å². The lowest BCUT2D eigenvalue weighted by Gasteiger charge is -2.34. The molecular weight excluding hydrogens is 360 g/mol. The zero-order valence-electron chi connectivity index (χ0n) is 16.1. The monoisotopic (exact) mass is 384 g/mol. The minimum atomic E-state index is -0.304. The Balaban J connectivity index is 1.63. The van der Waals surface area contributed by atoms with Crippen molar-refractivity contribution in [2.45, 2.75) is 20.4 Å². The van der Waals surface area contributed by atoms with Gasteiger partial charge in [-0.2, -0.15) is 0 Å². The van der Waals surface area contributed by atoms with Crippen LogP contribution in [0.3, 0.4) is 0 Å². The molecule has 2 amide bonds. The Labute approximate surface area is 163 Å². The van der Waals surface area contributed by atoms with E-state index in [9.17, 15) is 9.59 Å². The zero-order chi connectivity index (χ0) is 19.9. The van der Waals surface area contributed by atoms with Gasteiger partial charge in [0.05, 0.1) is 18.8 Å². The Hall–Kier alpha value is -3.23. The van der Waals surface area contributed by atoms with Gasteiger partial charge in [0.2, 0.25) is 5.95 Å². The fourth-order valence-corrected chi connectivity index (χ4v) is 2.88. The van der Waals surface area contributed by atoms with Gasteiger partial charge >= 0.3 is 6.09 Å². The number of carbonyl (C=O) groups is 2. The van der Waals surface area contributed by atoms with Crippen LogP contribution in [0.4, 0.5) is 10.7 Å². The fraction of sp³-hybridized carbons (Fsp3) is 0.421. The summed E-state index contributed by atoms with van der Waals surface area (Å²) in [7, 11) is 0. The lowest BCUT2D eigenvalue weighted by Crippen LogP contribution is -2.49. The topological polar surface area (TPSA) is 101 Å². The van der Waals surface area contributed by atoms with Crippen molar-refractivity contribution in [1.29, 1.82) is 0 Å². The van der Waals surface area contributed by atoms with E-state index in [2.05, 4.69) is 20.3 Å². The summed E-state index contributed by atoms with van der Waals surface area (Å²) in [6.07, 6.45) is 1.38. The van der Waals surface area contributed by atoms with E-state index in [1.54, 1.807) is 24.1 Å². The van der Waals surface area contributed by atoms with Gasteiger partial charge < -0.3 is 19.9 Å². The number of nitrogens with zero attached hydrogens (tertiary/aromatic N) is 5. The van der Waals surface area contributed by atoms with Crippen LogP contribution in [0.25, 0.3) is 0 Å². The molecule has 1 fully saturated rings. The number of aromatic nitrogens is 3. The maximum atomic E-state index is 12.5. The molecule has 1 aliphatic rings. The quantitative estimate of drug-likeness (QED) is 0.831. The highest BCUT2D eigenvalue weighted by Crippen LogP contribution is 2.14. The van der Waals surface area contributed by atoms with Crippen LogP contribution in [0.5, 0.6) is 0 Å². The van der Waals surface area contributed by atoms with Crippen LogP contribution in [0, 0.1) is 6.92 Å². The van der Waals surface area contributed by atoms with Crippen LogP contribution in [0.1, 0.15) is 28.8 Å². The van der Waals surface area contributed by atoms with E-state index in [-0.39, 0.29) is 12.0 Å². The molecule has 2 aromatic heterocycles. The van der Waals surface area contributed by atoms with Crippen molar-refractivity contribution >= 4 is 17.9 Å². The molecule has 2 aromatic rings. The number of carbonyl (C=O) groups excluding carboxylic acids is 2. The summed E-state index contributed by atoms with van der Waals surface area (Å²) in [5, 5.41) is 2.83. The van der Waals surface area contributed by atoms with Crippen molar-refractivity contribution in [1.82, 2.24) is 25.2 Å². The van der Waals surface area contributed by atoms with Gasteiger partial charge in [-0.05, 0) is 32.0 Å². The second kappa shape index (κ2) is 9.12. The Morgan fingerprint density at radius 3 is 2.64 bits per heavy atom. The normalized spacial score (nSPS) is 13.9. The molecule has 148 valence electrons. The Morgan fingerprint density at radius 2 is 1.96 bits per heavy atom. The van der Waals surface area contributed by atoms with Crippen molar-refractivity contribution < 1.29 is 14.3 Å². The third-order valence-electron chi connectivity index (χ3n) is 4.32. The largest absolute Gasteiger partial charge is 0.450 e. The van der Waals surface area contributed by atoms with E-state index in [0.717, 1.165) is 5.69 Å². The van der Waals surface area contributed by atoms with Gasteiger partial charge in [-0.25, -0.2) is 14.8 Å². The van der Waals surface area contributed by atoms with Crippen LogP contribution >= 0.6 is 0 Å². The Morgan fingerprint density at radius 1 is 1.18 bits per heavy atom. The van der Waals surface area contributed by atoms with Crippen molar-refractivity contribution in [2.24, 2.45) is 0 Å². The standard InChI is InChI=1S/C19H24N6O3/c1-3-28-19(27)25-10-8-24(9-11-25)18-22-14(2)12-16(23-18)17(26)21-13-15-6-4-5-7-20-15/h4-7,12H,3,8-11,13H2,1-2H3,(H,21,26). The highest BCUT2D eigenvalue weighted by atomic mass is 16.6. The smallest absolute Gasteiger partial charge is 0.409 e. The molecule has 3 heterocycles. The number of pyridine rings is 1. The van der Waals surface area contributed by atoms with Gasteiger partial charge in [0.25, 0.3) is 5.91 Å². The fourth-order valence-electron chi connectivity index (χ4n) is 2.88. The van der Waals surface area contributed by atoms with E-state index < -0.39 is 0 Å². The third kappa shape index (κ3) is 4.93. The maximum Gasteiger partial charge on any atom is 0.409 e. The SMILES string of the molecule is CCOC(=O)N1CCN(c2nc(C)cc(C(=O)NCc3ccccn3)n2)CC1. The minimum Gasteiger partial charge on any atom is -0.450 e. The summed E-state index contributed by atoms with van der Waals surface area (Å²) in [4.78, 5) is 41.0. The highest BCUT2D eigenvalue weighted by molar-refractivity contribution is 5.92. The zero-order valence-corrected chi connectivity index (χ0v) is 16.1. The van der Waals surface area contributed by atoms with E-state index >= 15 is 0 Å². The summed E-state index contributed by atoms with van der Waals surface area (Å²) >= 11 is 0. The Bertz CT molecular complexity index is 822. The van der Waals surface area contributed by atoms with Gasteiger partial charge in [0, 0.05) is 38.1 Å². The first-order valence-electron chi connectivity index (χ1n) is 9.27. The number of aryl methyl sites for hydroxylation is 1. The number of ether oxygens (including phenoxy) is 1. The van der Waals surface area contributed by atoms with Crippen molar-refractivity contribution in [3.8, 4) is 0 Å². The van der Waals surface area contributed by atoms with Crippen LogP contribution in [-0.4, -0.2) is 64.6 Å². The van der Waals surface area contributed by atoms with Gasteiger partial charge in [-0.3, -0.25) is 9.78 Å². The van der Waals surface area contributed by atoms with Crippen LogP contribution in [0.15, 0.2) is 30.5 Å². The van der Waals surface area contributed by atoms with Gasteiger partial charge in [-0.1, -0.05) is 6.07 Å². The highest BCUT2D eigenvalue weighted by Gasteiger charge is 2.24. The summed E-state index contributed by atoms with van der Waals surface area (Å²) in [5.74, 6) is 0.217. The van der Waals surface area contributed by atoms with Gasteiger partial charge in [0.15, 0.2) is 0 Å². The van der Waals surface area contributed by atoms with Crippen LogP contribution < -0.4 is 10.2 Å². The van der Waals surface area contributed by atoms with E-state index in [4.69, 9.17) is 4.74 Å². The molecule has 0 spiro atoms. The molecule has 9 heteroatoms. The number of hydrogen-bond acceptors (Lipinski definition) is 7. The molecule has 9 nitrogen and oxygen atoms in total. The van der Waals surface area contributed by atoms with E-state index in [1.165, 1.54) is 0 Å². The lowest BCUT2D eigenvalue weighted by atomic mass is 10.3. The molecule has 1 aliphatic heterocycles. The summed E-state index contributed by atoms with van der Waals surface area (Å²) < 4.78 is 5.03. The maximum absolute atomic E-state index is 12.5. The molecule has 0 saturated carbocycles. The molecule has 3 rings (SSSR count). The predicted octanol–water partition coefficient (Wildman–Crippen LogP) is 1.39. The van der Waals surface area contributed by atoms with Crippen molar-refractivity contribution in [2.75, 3.05) is 37.7 Å². The number of hydrogen-bond donors (Lipinski definition) is 1. The first-order chi connectivity index (χ1) is 13.6. The molecule has 0 radical (unpaired) electrons. The number of amides is 2. The molecule has 1 N–H and O–H groups in total. The van der Waals surface area contributed by atoms with Crippen LogP contribution in [0.2, 0.25) is 0 Å². The van der Waals surface area contributed by atoms with Crippen molar-refractivity contribution in [3.05, 3.63) is 47.5 Å². The molecule has 0 unspecified atom stereocenters. The van der Waals surface area contributed by atoms with Gasteiger partial charge in [-0.15, -0.1) is 0 Å². The third-order valence-corrected chi connectivity index (χ3v) is 4.32. The van der Waals surface area contributed by atoms with Crippen LogP contribution in [-0.2, 0) is 11.3 Å². The Kier molecular flexibility index (Phi) is 6.36. The first kappa shape index (κ1) is 19.5. The number of rotatable bonds is 5. The average Bonchev–Trinajstić information content (AvgIpc) is 2.72. The molecule has 0 bridgehead atoms. The summed E-state index contributed by atoms with van der Waals surface area (Å²) in [6, 6.07) is 7.20. The number of nitrogens with one attached hydrogen (secondary N) is 1. The molecule has 0 aliphatic carbocycles. The second-order valence-corrected chi connectivity index (χ2v) is 6.37. The predicted molar refractivity (Wildman–Crippen MR) is 103 cm³/mol. The van der Waals surface area contributed by atoms with Crippen molar-refractivity contribution in [3.63, 3.8) is 0 Å².